The molecule has 3 aromatic rings. The number of carbonyl (C=O) groups excluding carboxylic acids is 2. The first kappa shape index (κ1) is 19.9. The number of nitrogens with one attached hydrogen (secondary N) is 2. The lowest BCUT2D eigenvalue weighted by Crippen LogP contribution is -2.41. The summed E-state index contributed by atoms with van der Waals surface area (Å²) in [6, 6.07) is 13.2. The maximum absolute atomic E-state index is 12.4. The van der Waals surface area contributed by atoms with Gasteiger partial charge in [0.05, 0.1) is 5.56 Å². The number of aromatic hydroxyl groups is 1. The van der Waals surface area contributed by atoms with E-state index in [2.05, 4.69) is 15.8 Å². The topological polar surface area (TPSA) is 101 Å². The number of phenolic OH excluding ortho intramolecular Hbond substituents is 1. The van der Waals surface area contributed by atoms with Crippen LogP contribution in [0.4, 0.5) is 0 Å². The zero-order chi connectivity index (χ0) is 20.8. The number of hydrogen-bond acceptors (Lipinski definition) is 5. The van der Waals surface area contributed by atoms with Gasteiger partial charge in [0.15, 0.2) is 0 Å². The third kappa shape index (κ3) is 4.90. The van der Waals surface area contributed by atoms with Crippen LogP contribution in [0.5, 0.6) is 11.5 Å². The maximum atomic E-state index is 12.4. The number of hydrogen-bond donors (Lipinski definition) is 3. The molecule has 7 nitrogen and oxygen atoms in total. The number of benzene rings is 2. The van der Waals surface area contributed by atoms with E-state index < -0.39 is 11.8 Å². The average molecular weight is 391 g/mol. The Hall–Kier alpha value is -3.87. The molecule has 3 rings (SSSR count). The molecular weight excluding hydrogens is 370 g/mol. The van der Waals surface area contributed by atoms with Gasteiger partial charge < -0.3 is 9.84 Å². The van der Waals surface area contributed by atoms with Crippen LogP contribution in [0.3, 0.4) is 0 Å². The van der Waals surface area contributed by atoms with Crippen molar-refractivity contribution < 1.29 is 19.4 Å². The van der Waals surface area contributed by atoms with E-state index in [1.807, 2.05) is 26.0 Å². The van der Waals surface area contributed by atoms with Crippen LogP contribution in [0.2, 0.25) is 0 Å². The Kier molecular flexibility index (Phi) is 6.09. The summed E-state index contributed by atoms with van der Waals surface area (Å²) < 4.78 is 5.89. The van der Waals surface area contributed by atoms with Gasteiger partial charge in [-0.05, 0) is 55.3 Å². The second-order valence-corrected chi connectivity index (χ2v) is 6.51. The molecule has 0 bridgehead atoms. The quantitative estimate of drug-likeness (QED) is 0.581. The molecular formula is C22H21N3O4. The Labute approximate surface area is 168 Å². The van der Waals surface area contributed by atoms with Crippen molar-refractivity contribution >= 4 is 11.8 Å². The fourth-order valence-electron chi connectivity index (χ4n) is 2.87. The highest BCUT2D eigenvalue weighted by Crippen LogP contribution is 2.25. The predicted molar refractivity (Wildman–Crippen MR) is 108 cm³/mol. The highest BCUT2D eigenvalue weighted by atomic mass is 16.5. The van der Waals surface area contributed by atoms with Crippen molar-refractivity contribution in [2.24, 2.45) is 0 Å². The Morgan fingerprint density at radius 2 is 1.69 bits per heavy atom. The first-order valence-electron chi connectivity index (χ1n) is 8.97. The number of phenols is 1. The fourth-order valence-corrected chi connectivity index (χ4v) is 2.87. The minimum atomic E-state index is -0.610. The van der Waals surface area contributed by atoms with Gasteiger partial charge in [-0.1, -0.05) is 18.2 Å². The summed E-state index contributed by atoms with van der Waals surface area (Å²) in [6.07, 6.45) is 3.44. The van der Waals surface area contributed by atoms with Crippen molar-refractivity contribution in [1.29, 1.82) is 0 Å². The van der Waals surface area contributed by atoms with Crippen molar-refractivity contribution in [1.82, 2.24) is 15.8 Å². The van der Waals surface area contributed by atoms with Gasteiger partial charge in [-0.25, -0.2) is 0 Å². The van der Waals surface area contributed by atoms with Crippen LogP contribution in [0, 0.1) is 13.8 Å². The minimum Gasteiger partial charge on any atom is -0.507 e. The molecule has 3 N–H and O–H groups in total. The molecule has 0 aliphatic heterocycles. The predicted octanol–water partition coefficient (Wildman–Crippen LogP) is 3.06. The van der Waals surface area contributed by atoms with Crippen LogP contribution in [0.25, 0.3) is 0 Å². The molecule has 0 atom stereocenters. The summed E-state index contributed by atoms with van der Waals surface area (Å²) in [6.45, 7) is 4.07. The van der Waals surface area contributed by atoms with E-state index in [-0.39, 0.29) is 11.3 Å². The molecule has 0 saturated heterocycles. The van der Waals surface area contributed by atoms with E-state index in [0.29, 0.717) is 17.9 Å². The Morgan fingerprint density at radius 1 is 1.00 bits per heavy atom. The molecule has 0 unspecified atom stereocenters. The van der Waals surface area contributed by atoms with E-state index in [1.54, 1.807) is 36.7 Å². The lowest BCUT2D eigenvalue weighted by atomic mass is 10.1. The first-order valence-corrected chi connectivity index (χ1v) is 8.97. The summed E-state index contributed by atoms with van der Waals surface area (Å²) >= 11 is 0. The van der Waals surface area contributed by atoms with Crippen LogP contribution in [0.15, 0.2) is 60.9 Å². The number of aromatic nitrogens is 1. The zero-order valence-corrected chi connectivity index (χ0v) is 16.1. The number of carbonyl (C=O) groups is 2. The number of amides is 2. The highest BCUT2D eigenvalue weighted by Gasteiger charge is 2.14. The lowest BCUT2D eigenvalue weighted by Gasteiger charge is -2.14. The van der Waals surface area contributed by atoms with E-state index >= 15 is 0 Å². The van der Waals surface area contributed by atoms with E-state index in [0.717, 1.165) is 16.7 Å². The second-order valence-electron chi connectivity index (χ2n) is 6.51. The molecule has 0 saturated carbocycles. The van der Waals surface area contributed by atoms with Gasteiger partial charge in [0, 0.05) is 23.5 Å². The maximum Gasteiger partial charge on any atom is 0.273 e. The molecule has 0 spiro atoms. The molecule has 7 heteroatoms. The molecule has 0 radical (unpaired) electrons. The molecule has 0 fully saturated rings. The number of pyridine rings is 1. The van der Waals surface area contributed by atoms with Gasteiger partial charge in [-0.15, -0.1) is 0 Å². The SMILES string of the molecule is Cc1cc(C(=O)NNC(=O)c2ccccc2O)cc(C)c1OCc1cccnc1. The van der Waals surface area contributed by atoms with Crippen molar-refractivity contribution in [3.63, 3.8) is 0 Å². The fraction of sp³-hybridized carbons (Fsp3) is 0.136. The number of para-hydroxylation sites is 1. The van der Waals surface area contributed by atoms with Crippen molar-refractivity contribution in [2.45, 2.75) is 20.5 Å². The van der Waals surface area contributed by atoms with Gasteiger partial charge in [-0.3, -0.25) is 25.4 Å². The smallest absolute Gasteiger partial charge is 0.273 e. The zero-order valence-electron chi connectivity index (χ0n) is 16.1. The van der Waals surface area contributed by atoms with Gasteiger partial charge >= 0.3 is 0 Å². The molecule has 0 aliphatic carbocycles. The molecule has 148 valence electrons. The normalized spacial score (nSPS) is 10.3. The van der Waals surface area contributed by atoms with Crippen molar-refractivity contribution in [3.8, 4) is 11.5 Å². The Morgan fingerprint density at radius 3 is 2.34 bits per heavy atom. The summed E-state index contributed by atoms with van der Waals surface area (Å²) in [7, 11) is 0. The van der Waals surface area contributed by atoms with Crippen LogP contribution < -0.4 is 15.6 Å². The van der Waals surface area contributed by atoms with Crippen molar-refractivity contribution in [2.75, 3.05) is 0 Å². The molecule has 1 aromatic heterocycles. The summed E-state index contributed by atoms with van der Waals surface area (Å²) in [5, 5.41) is 9.71. The van der Waals surface area contributed by atoms with E-state index in [1.165, 1.54) is 12.1 Å². The highest BCUT2D eigenvalue weighted by molar-refractivity contribution is 6.00. The molecule has 2 amide bonds. The molecule has 0 aliphatic rings. The lowest BCUT2D eigenvalue weighted by molar-refractivity contribution is 0.0845. The summed E-state index contributed by atoms with van der Waals surface area (Å²) in [5.74, 6) is -0.551. The van der Waals surface area contributed by atoms with Crippen molar-refractivity contribution in [3.05, 3.63) is 88.7 Å². The Balaban J connectivity index is 1.65. The van der Waals surface area contributed by atoms with E-state index in [4.69, 9.17) is 4.74 Å². The first-order chi connectivity index (χ1) is 14.0. The third-order valence-corrected chi connectivity index (χ3v) is 4.27. The minimum absolute atomic E-state index is 0.0688. The monoisotopic (exact) mass is 391 g/mol. The average Bonchev–Trinajstić information content (AvgIpc) is 2.72. The third-order valence-electron chi connectivity index (χ3n) is 4.27. The van der Waals surface area contributed by atoms with Gasteiger partial charge in [0.1, 0.15) is 18.1 Å². The van der Waals surface area contributed by atoms with Gasteiger partial charge in [0.2, 0.25) is 0 Å². The molecule has 29 heavy (non-hydrogen) atoms. The van der Waals surface area contributed by atoms with Crippen LogP contribution >= 0.6 is 0 Å². The second kappa shape index (κ2) is 8.88. The van der Waals surface area contributed by atoms with Crippen LogP contribution in [-0.2, 0) is 6.61 Å². The molecule has 2 aromatic carbocycles. The van der Waals surface area contributed by atoms with Crippen LogP contribution in [0.1, 0.15) is 37.4 Å². The van der Waals surface area contributed by atoms with Gasteiger partial charge in [-0.2, -0.15) is 0 Å². The standard InChI is InChI=1S/C22H21N3O4/c1-14-10-17(11-15(2)20(14)29-13-16-6-5-9-23-12-16)21(27)24-25-22(28)18-7-3-4-8-19(18)26/h3-12,26H,13H2,1-2H3,(H,24,27)(H,25,28). The summed E-state index contributed by atoms with van der Waals surface area (Å²) in [4.78, 5) is 28.6. The number of ether oxygens (including phenoxy) is 1. The molecule has 1 heterocycles. The largest absolute Gasteiger partial charge is 0.507 e. The number of hydrazine groups is 1. The number of aryl methyl sites for hydroxylation is 2. The Bertz CT molecular complexity index is 1010. The van der Waals surface area contributed by atoms with Crippen LogP contribution in [-0.4, -0.2) is 21.9 Å². The summed E-state index contributed by atoms with van der Waals surface area (Å²) in [5.41, 5.74) is 7.65. The number of nitrogens with zero attached hydrogens (tertiary/aromatic N) is 1. The van der Waals surface area contributed by atoms with E-state index in [9.17, 15) is 14.7 Å². The van der Waals surface area contributed by atoms with Gasteiger partial charge in [0.25, 0.3) is 11.8 Å². The number of rotatable bonds is 5.